The predicted octanol–water partition coefficient (Wildman–Crippen LogP) is 2.94. The normalized spacial score (nSPS) is 20.5. The Hall–Kier alpha value is -1.97. The Morgan fingerprint density at radius 2 is 1.86 bits per heavy atom. The lowest BCUT2D eigenvalue weighted by molar-refractivity contribution is -0.136. The molecule has 22 heavy (non-hydrogen) atoms. The predicted molar refractivity (Wildman–Crippen MR) is 85.1 cm³/mol. The van der Waals surface area contributed by atoms with Crippen molar-refractivity contribution in [3.05, 3.63) is 35.4 Å². The number of ether oxygens (including phenoxy) is 2. The smallest absolute Gasteiger partial charge is 0.226 e. The van der Waals surface area contributed by atoms with Gasteiger partial charge in [0.2, 0.25) is 5.91 Å². The summed E-state index contributed by atoms with van der Waals surface area (Å²) in [6.45, 7) is 1.47. The minimum Gasteiger partial charge on any atom is -0.493 e. The van der Waals surface area contributed by atoms with Crippen LogP contribution in [0.5, 0.6) is 11.5 Å². The summed E-state index contributed by atoms with van der Waals surface area (Å²) < 4.78 is 10.7. The Kier molecular flexibility index (Phi) is 4.36. The van der Waals surface area contributed by atoms with Crippen molar-refractivity contribution in [2.75, 3.05) is 20.8 Å². The highest BCUT2D eigenvalue weighted by atomic mass is 16.5. The molecule has 0 saturated carbocycles. The number of nitrogens with zero attached hydrogens (tertiary/aromatic N) is 1. The number of hydrogen-bond acceptors (Lipinski definition) is 3. The second-order valence-corrected chi connectivity index (χ2v) is 5.97. The van der Waals surface area contributed by atoms with Crippen molar-refractivity contribution in [1.29, 1.82) is 0 Å². The van der Waals surface area contributed by atoms with Crippen molar-refractivity contribution >= 4 is 5.91 Å². The number of carbonyl (C=O) groups is 1. The number of methoxy groups -OCH3 is 2. The molecule has 0 fully saturated rings. The maximum atomic E-state index is 12.7. The molecule has 4 heteroatoms. The van der Waals surface area contributed by atoms with E-state index in [0.717, 1.165) is 43.7 Å². The van der Waals surface area contributed by atoms with Gasteiger partial charge in [-0.15, -0.1) is 0 Å². The van der Waals surface area contributed by atoms with E-state index in [9.17, 15) is 4.79 Å². The lowest BCUT2D eigenvalue weighted by Gasteiger charge is -2.32. The second kappa shape index (κ2) is 6.42. The van der Waals surface area contributed by atoms with Crippen LogP contribution in [0.1, 0.15) is 30.4 Å². The fraction of sp³-hybridized carbons (Fsp3) is 0.500. The van der Waals surface area contributed by atoms with Crippen LogP contribution in [-0.2, 0) is 17.8 Å². The lowest BCUT2D eigenvalue weighted by atomic mass is 9.91. The molecular weight excluding hydrogens is 278 g/mol. The maximum Gasteiger partial charge on any atom is 0.226 e. The van der Waals surface area contributed by atoms with Gasteiger partial charge in [0.1, 0.15) is 0 Å². The van der Waals surface area contributed by atoms with E-state index >= 15 is 0 Å². The summed E-state index contributed by atoms with van der Waals surface area (Å²) in [6, 6.07) is 4.05. The van der Waals surface area contributed by atoms with Crippen LogP contribution in [0, 0.1) is 5.92 Å². The molecule has 2 aliphatic rings. The zero-order chi connectivity index (χ0) is 15.5. The van der Waals surface area contributed by atoms with Gasteiger partial charge in [-0.05, 0) is 48.9 Å². The van der Waals surface area contributed by atoms with Gasteiger partial charge in [0.15, 0.2) is 11.5 Å². The first-order valence-electron chi connectivity index (χ1n) is 7.90. The van der Waals surface area contributed by atoms with E-state index in [-0.39, 0.29) is 5.92 Å². The van der Waals surface area contributed by atoms with Crippen LogP contribution >= 0.6 is 0 Å². The third-order valence-electron chi connectivity index (χ3n) is 4.65. The number of hydrogen-bond donors (Lipinski definition) is 0. The number of carbonyl (C=O) groups excluding carboxylic acids is 1. The van der Waals surface area contributed by atoms with Crippen molar-refractivity contribution < 1.29 is 14.3 Å². The Morgan fingerprint density at radius 1 is 1.14 bits per heavy atom. The van der Waals surface area contributed by atoms with Crippen LogP contribution in [0.3, 0.4) is 0 Å². The van der Waals surface area contributed by atoms with Gasteiger partial charge in [-0.2, -0.15) is 0 Å². The molecule has 0 aromatic heterocycles. The molecule has 1 aromatic rings. The van der Waals surface area contributed by atoms with Gasteiger partial charge >= 0.3 is 0 Å². The summed E-state index contributed by atoms with van der Waals surface area (Å²) in [5.41, 5.74) is 2.42. The minimum atomic E-state index is 0.159. The average Bonchev–Trinajstić information content (AvgIpc) is 2.60. The number of fused-ring (bicyclic) bond motifs is 1. The fourth-order valence-corrected chi connectivity index (χ4v) is 3.35. The summed E-state index contributed by atoms with van der Waals surface area (Å²) in [5.74, 6) is 1.95. The number of allylic oxidation sites excluding steroid dienone is 2. The topological polar surface area (TPSA) is 38.8 Å². The van der Waals surface area contributed by atoms with Gasteiger partial charge in [-0.1, -0.05) is 12.2 Å². The number of amides is 1. The summed E-state index contributed by atoms with van der Waals surface area (Å²) in [7, 11) is 3.30. The minimum absolute atomic E-state index is 0.159. The van der Waals surface area contributed by atoms with Gasteiger partial charge in [0.25, 0.3) is 0 Å². The van der Waals surface area contributed by atoms with Crippen molar-refractivity contribution in [2.45, 2.75) is 32.2 Å². The van der Waals surface area contributed by atoms with Crippen molar-refractivity contribution in [1.82, 2.24) is 4.90 Å². The maximum absolute atomic E-state index is 12.7. The molecule has 1 aliphatic carbocycles. The highest BCUT2D eigenvalue weighted by Gasteiger charge is 2.28. The Bertz CT molecular complexity index is 594. The highest BCUT2D eigenvalue weighted by Crippen LogP contribution is 2.34. The monoisotopic (exact) mass is 301 g/mol. The Morgan fingerprint density at radius 3 is 2.50 bits per heavy atom. The summed E-state index contributed by atoms with van der Waals surface area (Å²) >= 11 is 0. The third-order valence-corrected chi connectivity index (χ3v) is 4.65. The van der Waals surface area contributed by atoms with E-state index in [0.29, 0.717) is 12.5 Å². The molecule has 1 aliphatic heterocycles. The van der Waals surface area contributed by atoms with E-state index in [1.807, 2.05) is 17.0 Å². The molecule has 1 heterocycles. The average molecular weight is 301 g/mol. The van der Waals surface area contributed by atoms with Crippen LogP contribution in [0.2, 0.25) is 0 Å². The van der Waals surface area contributed by atoms with Crippen LogP contribution in [0.25, 0.3) is 0 Å². The first-order valence-corrected chi connectivity index (χ1v) is 7.90. The standard InChI is InChI=1S/C18H23NO3/c1-21-16-10-14-8-9-19(12-15(14)11-17(16)22-2)18(20)13-6-4-3-5-7-13/h3-4,10-11,13H,5-9,12H2,1-2H3/t13-/m1/s1. The SMILES string of the molecule is COc1cc2c(cc1OC)CN(C(=O)[C@@H]1CC=CCC1)CC2. The lowest BCUT2D eigenvalue weighted by Crippen LogP contribution is -2.40. The highest BCUT2D eigenvalue weighted by molar-refractivity contribution is 5.79. The molecule has 3 rings (SSSR count). The molecule has 1 aromatic carbocycles. The van der Waals surface area contributed by atoms with Crippen LogP contribution in [-0.4, -0.2) is 31.6 Å². The summed E-state index contributed by atoms with van der Waals surface area (Å²) in [6.07, 6.45) is 8.07. The van der Waals surface area contributed by atoms with Crippen LogP contribution in [0.4, 0.5) is 0 Å². The van der Waals surface area contributed by atoms with Gasteiger partial charge in [0.05, 0.1) is 14.2 Å². The Labute approximate surface area is 131 Å². The molecule has 0 radical (unpaired) electrons. The molecule has 0 spiro atoms. The van der Waals surface area contributed by atoms with Crippen LogP contribution in [0.15, 0.2) is 24.3 Å². The summed E-state index contributed by atoms with van der Waals surface area (Å²) in [5, 5.41) is 0. The molecule has 1 atom stereocenters. The molecular formula is C18H23NO3. The largest absolute Gasteiger partial charge is 0.493 e. The molecule has 0 N–H and O–H groups in total. The van der Waals surface area contributed by atoms with Crippen LogP contribution < -0.4 is 9.47 Å². The first-order chi connectivity index (χ1) is 10.7. The number of rotatable bonds is 3. The van der Waals surface area contributed by atoms with E-state index in [1.54, 1.807) is 14.2 Å². The third kappa shape index (κ3) is 2.82. The van der Waals surface area contributed by atoms with Crippen molar-refractivity contribution in [2.24, 2.45) is 5.92 Å². The summed E-state index contributed by atoms with van der Waals surface area (Å²) in [4.78, 5) is 14.7. The second-order valence-electron chi connectivity index (χ2n) is 5.97. The van der Waals surface area contributed by atoms with Gasteiger partial charge < -0.3 is 14.4 Å². The van der Waals surface area contributed by atoms with Gasteiger partial charge in [-0.25, -0.2) is 0 Å². The quantitative estimate of drug-likeness (QED) is 0.806. The van der Waals surface area contributed by atoms with Crippen molar-refractivity contribution in [3.63, 3.8) is 0 Å². The van der Waals surface area contributed by atoms with Crippen molar-refractivity contribution in [3.8, 4) is 11.5 Å². The van der Waals surface area contributed by atoms with E-state index in [1.165, 1.54) is 11.1 Å². The molecule has 0 saturated heterocycles. The molecule has 118 valence electrons. The molecule has 1 amide bonds. The van der Waals surface area contributed by atoms with Gasteiger partial charge in [-0.3, -0.25) is 4.79 Å². The number of benzene rings is 1. The zero-order valence-corrected chi connectivity index (χ0v) is 13.3. The fourth-order valence-electron chi connectivity index (χ4n) is 3.35. The molecule has 4 nitrogen and oxygen atoms in total. The van der Waals surface area contributed by atoms with Gasteiger partial charge in [0, 0.05) is 19.0 Å². The molecule has 0 unspecified atom stereocenters. The molecule has 0 bridgehead atoms. The zero-order valence-electron chi connectivity index (χ0n) is 13.3. The first kappa shape index (κ1) is 14.9. The van der Waals surface area contributed by atoms with E-state index in [2.05, 4.69) is 12.2 Å². The van der Waals surface area contributed by atoms with E-state index < -0.39 is 0 Å². The van der Waals surface area contributed by atoms with E-state index in [4.69, 9.17) is 9.47 Å². The Balaban J connectivity index is 1.78.